The fraction of sp³-hybridized carbons (Fsp3) is 0.429. The summed E-state index contributed by atoms with van der Waals surface area (Å²) in [5.41, 5.74) is 5.09. The van der Waals surface area contributed by atoms with Crippen molar-refractivity contribution in [2.45, 2.75) is 31.7 Å². The average Bonchev–Trinajstić information content (AvgIpc) is 3.23. The third-order valence-corrected chi connectivity index (χ3v) is 4.14. The highest BCUT2D eigenvalue weighted by atomic mass is 35.5. The van der Waals surface area contributed by atoms with Gasteiger partial charge in [0.2, 0.25) is 0 Å². The molecule has 0 aromatic heterocycles. The molecule has 1 aliphatic rings. The molecule has 0 bridgehead atoms. The standard InChI is InChI=1S/C14H17ClN2O3/c1-2-14(13(19)20,9-4-5-9)17-12(18)8-3-6-11(16)10(15)7-8/h3,6-7,9H,2,4-5,16H2,1H3,(H,17,18)(H,19,20). The van der Waals surface area contributed by atoms with Gasteiger partial charge in [-0.2, -0.15) is 0 Å². The second-order valence-corrected chi connectivity index (χ2v) is 5.50. The van der Waals surface area contributed by atoms with Gasteiger partial charge in [0.25, 0.3) is 5.91 Å². The first-order valence-electron chi connectivity index (χ1n) is 6.51. The smallest absolute Gasteiger partial charge is 0.329 e. The number of amides is 1. The van der Waals surface area contributed by atoms with Crippen molar-refractivity contribution < 1.29 is 14.7 Å². The fourth-order valence-electron chi connectivity index (χ4n) is 2.38. The number of nitrogen functional groups attached to an aromatic ring is 1. The second-order valence-electron chi connectivity index (χ2n) is 5.09. The molecule has 0 radical (unpaired) electrons. The molecule has 1 aromatic carbocycles. The summed E-state index contributed by atoms with van der Waals surface area (Å²) in [5.74, 6) is -1.43. The van der Waals surface area contributed by atoms with Gasteiger partial charge in [0.15, 0.2) is 0 Å². The molecule has 1 aliphatic carbocycles. The van der Waals surface area contributed by atoms with Crippen LogP contribution in [0, 0.1) is 5.92 Å². The number of nitrogens with one attached hydrogen (secondary N) is 1. The van der Waals surface area contributed by atoms with E-state index in [0.29, 0.717) is 17.7 Å². The van der Waals surface area contributed by atoms with Crippen molar-refractivity contribution in [1.29, 1.82) is 0 Å². The van der Waals surface area contributed by atoms with E-state index in [1.807, 2.05) is 0 Å². The fourth-order valence-corrected chi connectivity index (χ4v) is 2.56. The summed E-state index contributed by atoms with van der Waals surface area (Å²) in [4.78, 5) is 23.8. The number of carbonyl (C=O) groups is 2. The van der Waals surface area contributed by atoms with Gasteiger partial charge in [-0.25, -0.2) is 4.79 Å². The molecule has 0 saturated heterocycles. The Balaban J connectivity index is 2.24. The Morgan fingerprint density at radius 2 is 2.15 bits per heavy atom. The Morgan fingerprint density at radius 3 is 2.60 bits per heavy atom. The minimum absolute atomic E-state index is 0.00166. The number of aliphatic carboxylic acids is 1. The van der Waals surface area contributed by atoms with Gasteiger partial charge >= 0.3 is 5.97 Å². The maximum absolute atomic E-state index is 12.2. The van der Waals surface area contributed by atoms with E-state index in [2.05, 4.69) is 5.32 Å². The van der Waals surface area contributed by atoms with E-state index in [4.69, 9.17) is 17.3 Å². The van der Waals surface area contributed by atoms with Crippen molar-refractivity contribution in [2.24, 2.45) is 5.92 Å². The topological polar surface area (TPSA) is 92.4 Å². The van der Waals surface area contributed by atoms with Crippen LogP contribution in [0.25, 0.3) is 0 Å². The molecule has 2 rings (SSSR count). The number of carbonyl (C=O) groups excluding carboxylic acids is 1. The van der Waals surface area contributed by atoms with Crippen molar-refractivity contribution in [1.82, 2.24) is 5.32 Å². The lowest BCUT2D eigenvalue weighted by Gasteiger charge is -2.29. The summed E-state index contributed by atoms with van der Waals surface area (Å²) in [7, 11) is 0. The zero-order valence-electron chi connectivity index (χ0n) is 11.1. The van der Waals surface area contributed by atoms with Crippen molar-refractivity contribution in [3.8, 4) is 0 Å². The van der Waals surface area contributed by atoms with Crippen molar-refractivity contribution in [3.05, 3.63) is 28.8 Å². The van der Waals surface area contributed by atoms with Crippen molar-refractivity contribution >= 4 is 29.2 Å². The second kappa shape index (κ2) is 5.32. The Kier molecular flexibility index (Phi) is 3.90. The molecule has 1 atom stereocenters. The van der Waals surface area contributed by atoms with E-state index >= 15 is 0 Å². The van der Waals surface area contributed by atoms with Gasteiger partial charge in [-0.3, -0.25) is 4.79 Å². The SMILES string of the molecule is CCC(NC(=O)c1ccc(N)c(Cl)c1)(C(=O)O)C1CC1. The zero-order chi connectivity index (χ0) is 14.9. The maximum Gasteiger partial charge on any atom is 0.329 e. The van der Waals surface area contributed by atoms with Crippen LogP contribution >= 0.6 is 11.6 Å². The lowest BCUT2D eigenvalue weighted by Crippen LogP contribution is -2.56. The quantitative estimate of drug-likeness (QED) is 0.727. The number of carboxylic acids is 1. The molecule has 20 heavy (non-hydrogen) atoms. The monoisotopic (exact) mass is 296 g/mol. The largest absolute Gasteiger partial charge is 0.479 e. The number of nitrogens with two attached hydrogens (primary N) is 1. The highest BCUT2D eigenvalue weighted by molar-refractivity contribution is 6.33. The molecule has 1 fully saturated rings. The molecule has 1 saturated carbocycles. The van der Waals surface area contributed by atoms with Crippen LogP contribution in [0.5, 0.6) is 0 Å². The number of anilines is 1. The van der Waals surface area contributed by atoms with E-state index in [1.54, 1.807) is 6.92 Å². The Bertz CT molecular complexity index is 557. The van der Waals surface area contributed by atoms with Crippen molar-refractivity contribution in [3.63, 3.8) is 0 Å². The first kappa shape index (κ1) is 14.7. The molecule has 1 aromatic rings. The first-order valence-corrected chi connectivity index (χ1v) is 6.89. The van der Waals surface area contributed by atoms with Gasteiger partial charge in [0, 0.05) is 5.56 Å². The van der Waals surface area contributed by atoms with Crippen LogP contribution in [-0.4, -0.2) is 22.5 Å². The van der Waals surface area contributed by atoms with Gasteiger partial charge < -0.3 is 16.2 Å². The number of hydrogen-bond acceptors (Lipinski definition) is 3. The number of benzene rings is 1. The number of rotatable bonds is 5. The minimum atomic E-state index is -1.19. The summed E-state index contributed by atoms with van der Waals surface area (Å²) >= 11 is 5.88. The number of carboxylic acid groups (broad SMARTS) is 1. The van der Waals surface area contributed by atoms with Crippen LogP contribution in [0.15, 0.2) is 18.2 Å². The van der Waals surface area contributed by atoms with E-state index in [-0.39, 0.29) is 10.9 Å². The van der Waals surface area contributed by atoms with Gasteiger partial charge in [0.1, 0.15) is 5.54 Å². The van der Waals surface area contributed by atoms with Gasteiger partial charge in [-0.05, 0) is 43.4 Å². The van der Waals surface area contributed by atoms with Crippen molar-refractivity contribution in [2.75, 3.05) is 5.73 Å². The van der Waals surface area contributed by atoms with E-state index in [0.717, 1.165) is 12.8 Å². The molecule has 0 aliphatic heterocycles. The first-order chi connectivity index (χ1) is 9.40. The third-order valence-electron chi connectivity index (χ3n) is 3.81. The normalized spacial score (nSPS) is 17.3. The summed E-state index contributed by atoms with van der Waals surface area (Å²) < 4.78 is 0. The molecule has 108 valence electrons. The predicted molar refractivity (Wildman–Crippen MR) is 76.7 cm³/mol. The summed E-state index contributed by atoms with van der Waals surface area (Å²) in [5, 5.41) is 12.4. The van der Waals surface area contributed by atoms with Crippen LogP contribution in [0.3, 0.4) is 0 Å². The summed E-state index contributed by atoms with van der Waals surface area (Å²) in [6.07, 6.45) is 1.99. The summed E-state index contributed by atoms with van der Waals surface area (Å²) in [6, 6.07) is 4.51. The summed E-state index contributed by atoms with van der Waals surface area (Å²) in [6.45, 7) is 1.77. The maximum atomic E-state index is 12.2. The van der Waals surface area contributed by atoms with Crippen LogP contribution < -0.4 is 11.1 Å². The molecule has 1 unspecified atom stereocenters. The average molecular weight is 297 g/mol. The lowest BCUT2D eigenvalue weighted by molar-refractivity contribution is -0.145. The number of halogens is 1. The minimum Gasteiger partial charge on any atom is -0.479 e. The molecular weight excluding hydrogens is 280 g/mol. The van der Waals surface area contributed by atoms with E-state index < -0.39 is 17.4 Å². The van der Waals surface area contributed by atoms with E-state index in [1.165, 1.54) is 18.2 Å². The van der Waals surface area contributed by atoms with Gasteiger partial charge in [0.05, 0.1) is 10.7 Å². The van der Waals surface area contributed by atoms with Crippen LogP contribution in [0.4, 0.5) is 5.69 Å². The highest BCUT2D eigenvalue weighted by Gasteiger charge is 2.51. The molecule has 4 N–H and O–H groups in total. The number of hydrogen-bond donors (Lipinski definition) is 3. The Labute approximate surface area is 122 Å². The van der Waals surface area contributed by atoms with Crippen LogP contribution in [0.2, 0.25) is 5.02 Å². The predicted octanol–water partition coefficient (Wildman–Crippen LogP) is 2.30. The van der Waals surface area contributed by atoms with Crippen LogP contribution in [0.1, 0.15) is 36.5 Å². The molecule has 1 amide bonds. The zero-order valence-corrected chi connectivity index (χ0v) is 11.9. The highest BCUT2D eigenvalue weighted by Crippen LogP contribution is 2.42. The molecule has 0 heterocycles. The third kappa shape index (κ3) is 2.58. The molecule has 6 heteroatoms. The lowest BCUT2D eigenvalue weighted by atomic mass is 9.89. The molecule has 5 nitrogen and oxygen atoms in total. The van der Waals surface area contributed by atoms with E-state index in [9.17, 15) is 14.7 Å². The van der Waals surface area contributed by atoms with Gasteiger partial charge in [-0.15, -0.1) is 0 Å². The van der Waals surface area contributed by atoms with Gasteiger partial charge in [-0.1, -0.05) is 18.5 Å². The van der Waals surface area contributed by atoms with Crippen LogP contribution in [-0.2, 0) is 4.79 Å². The molecule has 0 spiro atoms. The Hall–Kier alpha value is -1.75. The Morgan fingerprint density at radius 1 is 1.50 bits per heavy atom. The molecular formula is C14H17ClN2O3.